The Bertz CT molecular complexity index is 1160. The molecule has 0 N–H and O–H groups in total. The number of ether oxygens (including phenoxy) is 1. The Kier molecular flexibility index (Phi) is 8.23. The molecule has 0 aliphatic heterocycles. The minimum absolute atomic E-state index is 0.0485. The summed E-state index contributed by atoms with van der Waals surface area (Å²) >= 11 is 6.10. The number of carbonyl (C=O) groups excluding carboxylic acids is 1. The Balaban J connectivity index is 2.26. The fraction of sp³-hybridized carbons (Fsp3) is 0.350. The van der Waals surface area contributed by atoms with Crippen LogP contribution in [0.15, 0.2) is 52.3 Å². The second-order valence-electron chi connectivity index (χ2n) is 6.74. The molecule has 0 spiro atoms. The Morgan fingerprint density at radius 2 is 1.55 bits per heavy atom. The molecule has 0 unspecified atom stereocenters. The van der Waals surface area contributed by atoms with Gasteiger partial charge >= 0.3 is 5.97 Å². The first kappa shape index (κ1) is 25.3. The molecule has 0 aliphatic carbocycles. The lowest BCUT2D eigenvalue weighted by molar-refractivity contribution is 0.0472. The fourth-order valence-electron chi connectivity index (χ4n) is 2.77. The predicted octanol–water partition coefficient (Wildman–Crippen LogP) is 2.98. The fourth-order valence-corrected chi connectivity index (χ4v) is 5.42. The van der Waals surface area contributed by atoms with Crippen LogP contribution in [0.5, 0.6) is 0 Å². The molecule has 0 aliphatic rings. The van der Waals surface area contributed by atoms with E-state index < -0.39 is 26.0 Å². The SMILES string of the molecule is CCN(CC)S(=O)(=O)c1ccc(Cl)c(C(=O)OCc2cccc(S(=O)(=O)N(C)C)c2)c1. The van der Waals surface area contributed by atoms with E-state index in [9.17, 15) is 21.6 Å². The first-order chi connectivity index (χ1) is 14.4. The van der Waals surface area contributed by atoms with E-state index >= 15 is 0 Å². The number of rotatable bonds is 9. The molecule has 0 bridgehead atoms. The van der Waals surface area contributed by atoms with Crippen molar-refractivity contribution in [2.24, 2.45) is 0 Å². The number of hydrogen-bond acceptors (Lipinski definition) is 6. The van der Waals surface area contributed by atoms with E-state index in [-0.39, 0.29) is 40.1 Å². The zero-order valence-electron chi connectivity index (χ0n) is 17.7. The van der Waals surface area contributed by atoms with Gasteiger partial charge in [-0.05, 0) is 35.9 Å². The summed E-state index contributed by atoms with van der Waals surface area (Å²) in [6, 6.07) is 9.87. The average molecular weight is 489 g/mol. The highest BCUT2D eigenvalue weighted by Gasteiger charge is 2.24. The molecule has 31 heavy (non-hydrogen) atoms. The lowest BCUT2D eigenvalue weighted by atomic mass is 10.2. The molecule has 0 amide bonds. The highest BCUT2D eigenvalue weighted by molar-refractivity contribution is 7.89. The van der Waals surface area contributed by atoms with Gasteiger partial charge in [0.1, 0.15) is 6.61 Å². The number of nitrogens with zero attached hydrogens (tertiary/aromatic N) is 2. The first-order valence-corrected chi connectivity index (χ1v) is 12.7. The molecular weight excluding hydrogens is 464 g/mol. The third-order valence-electron chi connectivity index (χ3n) is 4.55. The van der Waals surface area contributed by atoms with Crippen LogP contribution in [0.3, 0.4) is 0 Å². The van der Waals surface area contributed by atoms with Crippen molar-refractivity contribution in [2.75, 3.05) is 27.2 Å². The van der Waals surface area contributed by atoms with E-state index in [0.717, 1.165) is 4.31 Å². The number of benzene rings is 2. The van der Waals surface area contributed by atoms with Crippen LogP contribution in [-0.4, -0.2) is 58.6 Å². The predicted molar refractivity (Wildman–Crippen MR) is 118 cm³/mol. The minimum Gasteiger partial charge on any atom is -0.457 e. The topological polar surface area (TPSA) is 101 Å². The second-order valence-corrected chi connectivity index (χ2v) is 11.2. The van der Waals surface area contributed by atoms with E-state index in [1.54, 1.807) is 26.0 Å². The van der Waals surface area contributed by atoms with Crippen LogP contribution in [0.1, 0.15) is 29.8 Å². The number of esters is 1. The van der Waals surface area contributed by atoms with Gasteiger partial charge in [-0.3, -0.25) is 0 Å². The molecule has 11 heteroatoms. The van der Waals surface area contributed by atoms with E-state index in [2.05, 4.69) is 0 Å². The van der Waals surface area contributed by atoms with Gasteiger partial charge in [-0.15, -0.1) is 0 Å². The molecule has 0 saturated heterocycles. The van der Waals surface area contributed by atoms with Crippen molar-refractivity contribution in [1.29, 1.82) is 0 Å². The maximum absolute atomic E-state index is 12.7. The van der Waals surface area contributed by atoms with Gasteiger partial charge in [0.15, 0.2) is 0 Å². The average Bonchev–Trinajstić information content (AvgIpc) is 2.73. The van der Waals surface area contributed by atoms with Crippen LogP contribution < -0.4 is 0 Å². The maximum Gasteiger partial charge on any atom is 0.340 e. The van der Waals surface area contributed by atoms with Gasteiger partial charge in [0.05, 0.1) is 20.4 Å². The van der Waals surface area contributed by atoms with Gasteiger partial charge in [0.25, 0.3) is 0 Å². The van der Waals surface area contributed by atoms with Gasteiger partial charge in [-0.2, -0.15) is 4.31 Å². The molecule has 170 valence electrons. The van der Waals surface area contributed by atoms with E-state index in [1.807, 2.05) is 0 Å². The van der Waals surface area contributed by atoms with Gasteiger partial charge in [0.2, 0.25) is 20.0 Å². The van der Waals surface area contributed by atoms with Gasteiger partial charge in [-0.1, -0.05) is 37.6 Å². The van der Waals surface area contributed by atoms with Crippen molar-refractivity contribution < 1.29 is 26.4 Å². The summed E-state index contributed by atoms with van der Waals surface area (Å²) in [6.07, 6.45) is 0. The highest BCUT2D eigenvalue weighted by atomic mass is 35.5. The summed E-state index contributed by atoms with van der Waals surface area (Å²) in [5.74, 6) is -0.817. The van der Waals surface area contributed by atoms with Crippen molar-refractivity contribution >= 4 is 37.6 Å². The zero-order valence-corrected chi connectivity index (χ0v) is 20.1. The molecule has 8 nitrogen and oxygen atoms in total. The molecular formula is C20H25ClN2O6S2. The standard InChI is InChI=1S/C20H25ClN2O6S2/c1-5-23(6-2)31(27,28)17-10-11-19(21)18(13-17)20(24)29-14-15-8-7-9-16(12-15)30(25,26)22(3)4/h7-13H,5-6,14H2,1-4H3. The van der Waals surface area contributed by atoms with Crippen molar-refractivity contribution in [3.63, 3.8) is 0 Å². The first-order valence-electron chi connectivity index (χ1n) is 9.43. The van der Waals surface area contributed by atoms with Gasteiger partial charge < -0.3 is 4.74 Å². The molecule has 0 saturated carbocycles. The quantitative estimate of drug-likeness (QED) is 0.503. The molecule has 0 radical (unpaired) electrons. The monoisotopic (exact) mass is 488 g/mol. The largest absolute Gasteiger partial charge is 0.457 e. The molecule has 2 aromatic carbocycles. The van der Waals surface area contributed by atoms with Gasteiger partial charge in [0, 0.05) is 27.2 Å². The van der Waals surface area contributed by atoms with Crippen LogP contribution in [0, 0.1) is 0 Å². The minimum atomic E-state index is -3.78. The van der Waals surface area contributed by atoms with Crippen molar-refractivity contribution in [1.82, 2.24) is 8.61 Å². The summed E-state index contributed by atoms with van der Waals surface area (Å²) in [5, 5.41) is 0.0485. The molecule has 0 heterocycles. The smallest absolute Gasteiger partial charge is 0.340 e. The van der Waals surface area contributed by atoms with E-state index in [1.165, 1.54) is 48.7 Å². The lowest BCUT2D eigenvalue weighted by Gasteiger charge is -2.19. The lowest BCUT2D eigenvalue weighted by Crippen LogP contribution is -2.30. The van der Waals surface area contributed by atoms with Crippen LogP contribution in [-0.2, 0) is 31.4 Å². The third-order valence-corrected chi connectivity index (χ3v) is 8.73. The van der Waals surface area contributed by atoms with Crippen molar-refractivity contribution in [3.8, 4) is 0 Å². The molecule has 2 rings (SSSR count). The molecule has 0 fully saturated rings. The Hall–Kier alpha value is -1.98. The Labute approximate surface area is 188 Å². The third kappa shape index (κ3) is 5.64. The van der Waals surface area contributed by atoms with Crippen LogP contribution >= 0.6 is 11.6 Å². The summed E-state index contributed by atoms with van der Waals surface area (Å²) in [4.78, 5) is 12.6. The molecule has 2 aromatic rings. The zero-order chi connectivity index (χ0) is 23.4. The number of sulfonamides is 2. The summed E-state index contributed by atoms with van der Waals surface area (Å²) in [5.41, 5.74) is 0.367. The number of hydrogen-bond donors (Lipinski definition) is 0. The van der Waals surface area contributed by atoms with E-state index in [0.29, 0.717) is 5.56 Å². The summed E-state index contributed by atoms with van der Waals surface area (Å²) in [6.45, 7) is 3.80. The van der Waals surface area contributed by atoms with Crippen molar-refractivity contribution in [2.45, 2.75) is 30.2 Å². The maximum atomic E-state index is 12.7. The Morgan fingerprint density at radius 1 is 0.935 bits per heavy atom. The van der Waals surface area contributed by atoms with Crippen LogP contribution in [0.2, 0.25) is 5.02 Å². The Morgan fingerprint density at radius 3 is 2.13 bits per heavy atom. The molecule has 0 atom stereocenters. The van der Waals surface area contributed by atoms with Crippen LogP contribution in [0.4, 0.5) is 0 Å². The summed E-state index contributed by atoms with van der Waals surface area (Å²) < 4.78 is 57.6. The van der Waals surface area contributed by atoms with E-state index in [4.69, 9.17) is 16.3 Å². The normalized spacial score (nSPS) is 12.4. The number of carbonyl (C=O) groups is 1. The van der Waals surface area contributed by atoms with Gasteiger partial charge in [-0.25, -0.2) is 25.9 Å². The number of halogens is 1. The summed E-state index contributed by atoms with van der Waals surface area (Å²) in [7, 11) is -4.57. The van der Waals surface area contributed by atoms with Crippen LogP contribution in [0.25, 0.3) is 0 Å². The molecule has 0 aromatic heterocycles. The van der Waals surface area contributed by atoms with Crippen molar-refractivity contribution in [3.05, 3.63) is 58.6 Å². The second kappa shape index (κ2) is 10.1. The highest BCUT2D eigenvalue weighted by Crippen LogP contribution is 2.24.